The van der Waals surface area contributed by atoms with Crippen LogP contribution < -0.4 is 5.32 Å². The van der Waals surface area contributed by atoms with Crippen LogP contribution in [0, 0.1) is 6.92 Å². The maximum atomic E-state index is 13.1. The molecule has 1 N–H and O–H groups in total. The number of amides is 3. The van der Waals surface area contributed by atoms with E-state index in [1.54, 1.807) is 7.05 Å². The maximum Gasteiger partial charge on any atom is 0.317 e. The van der Waals surface area contributed by atoms with Crippen molar-refractivity contribution < 1.29 is 9.59 Å². The van der Waals surface area contributed by atoms with Crippen molar-refractivity contribution in [3.8, 4) is 0 Å². The van der Waals surface area contributed by atoms with Crippen LogP contribution in [-0.2, 0) is 4.79 Å². The lowest BCUT2D eigenvalue weighted by atomic mass is 9.97. The number of halogens is 1. The number of rotatable bonds is 5. The zero-order valence-electron chi connectivity index (χ0n) is 17.7. The number of likely N-dealkylation sites (N-methyl/N-ethyl adjacent to an activating group) is 1. The Labute approximate surface area is 182 Å². The van der Waals surface area contributed by atoms with Crippen LogP contribution in [0.15, 0.2) is 53.6 Å². The van der Waals surface area contributed by atoms with Crippen molar-refractivity contribution in [1.82, 2.24) is 15.2 Å². The number of hydrogen-bond acceptors (Lipinski definition) is 3. The lowest BCUT2D eigenvalue weighted by Crippen LogP contribution is -2.45. The summed E-state index contributed by atoms with van der Waals surface area (Å²) in [5.74, 6) is -0.246. The zero-order chi connectivity index (χ0) is 21.8. The summed E-state index contributed by atoms with van der Waals surface area (Å²) in [5, 5.41) is 9.51. The average molecular weight is 427 g/mol. The fraction of sp³-hybridized carbons (Fsp3) is 0.348. The van der Waals surface area contributed by atoms with Gasteiger partial charge in [-0.05, 0) is 32.4 Å². The Morgan fingerprint density at radius 1 is 1.20 bits per heavy atom. The second-order valence-electron chi connectivity index (χ2n) is 7.86. The first kappa shape index (κ1) is 21.8. The van der Waals surface area contributed by atoms with E-state index in [-0.39, 0.29) is 30.6 Å². The Balaban J connectivity index is 1.87. The normalized spacial score (nSPS) is 15.9. The second kappa shape index (κ2) is 9.30. The number of hydrogen-bond donors (Lipinski definition) is 1. The maximum absolute atomic E-state index is 13.1. The molecule has 3 amide bonds. The van der Waals surface area contributed by atoms with Crippen LogP contribution in [0.5, 0.6) is 0 Å². The molecule has 1 unspecified atom stereocenters. The van der Waals surface area contributed by atoms with Crippen LogP contribution in [0.25, 0.3) is 0 Å². The molecule has 0 aliphatic carbocycles. The lowest BCUT2D eigenvalue weighted by Gasteiger charge is -2.25. The summed E-state index contributed by atoms with van der Waals surface area (Å²) in [6.45, 7) is 5.71. The van der Waals surface area contributed by atoms with Gasteiger partial charge >= 0.3 is 6.03 Å². The van der Waals surface area contributed by atoms with E-state index in [4.69, 9.17) is 11.6 Å². The highest BCUT2D eigenvalue weighted by molar-refractivity contribution is 6.34. The summed E-state index contributed by atoms with van der Waals surface area (Å²) in [6, 6.07) is 15.0. The number of benzene rings is 2. The molecule has 2 aromatic rings. The van der Waals surface area contributed by atoms with Crippen molar-refractivity contribution in [2.45, 2.75) is 39.3 Å². The van der Waals surface area contributed by atoms with Crippen molar-refractivity contribution >= 4 is 29.3 Å². The van der Waals surface area contributed by atoms with E-state index in [0.717, 1.165) is 22.4 Å². The monoisotopic (exact) mass is 426 g/mol. The Morgan fingerprint density at radius 3 is 2.50 bits per heavy atom. The van der Waals surface area contributed by atoms with Gasteiger partial charge in [-0.25, -0.2) is 9.80 Å². The van der Waals surface area contributed by atoms with Crippen molar-refractivity contribution in [3.05, 3.63) is 70.2 Å². The molecule has 0 fully saturated rings. The van der Waals surface area contributed by atoms with Crippen LogP contribution in [0.2, 0.25) is 5.02 Å². The molecule has 0 aromatic heterocycles. The number of hydrazone groups is 1. The molecule has 1 aliphatic rings. The van der Waals surface area contributed by atoms with E-state index >= 15 is 0 Å². The van der Waals surface area contributed by atoms with Crippen molar-refractivity contribution in [1.29, 1.82) is 0 Å². The molecule has 158 valence electrons. The van der Waals surface area contributed by atoms with E-state index in [1.807, 2.05) is 69.3 Å². The largest absolute Gasteiger partial charge is 0.336 e. The average Bonchev–Trinajstić information content (AvgIpc) is 3.13. The van der Waals surface area contributed by atoms with Gasteiger partial charge < -0.3 is 10.2 Å². The molecule has 0 saturated carbocycles. The summed E-state index contributed by atoms with van der Waals surface area (Å²) in [5.41, 5.74) is 3.72. The number of urea groups is 1. The van der Waals surface area contributed by atoms with E-state index in [0.29, 0.717) is 11.4 Å². The first-order valence-corrected chi connectivity index (χ1v) is 10.4. The van der Waals surface area contributed by atoms with Crippen molar-refractivity contribution in [3.63, 3.8) is 0 Å². The molecule has 0 bridgehead atoms. The van der Waals surface area contributed by atoms with Gasteiger partial charge in [0.2, 0.25) is 0 Å². The minimum Gasteiger partial charge on any atom is -0.336 e. The number of aryl methyl sites for hydroxylation is 1. The van der Waals surface area contributed by atoms with Gasteiger partial charge in [-0.3, -0.25) is 4.79 Å². The third kappa shape index (κ3) is 5.00. The Hall–Kier alpha value is -2.86. The summed E-state index contributed by atoms with van der Waals surface area (Å²) >= 11 is 6.37. The number of carbonyl (C=O) groups is 2. The molecular weight excluding hydrogens is 400 g/mol. The van der Waals surface area contributed by atoms with E-state index in [9.17, 15) is 9.59 Å². The van der Waals surface area contributed by atoms with Gasteiger partial charge in [-0.15, -0.1) is 0 Å². The van der Waals surface area contributed by atoms with E-state index in [1.165, 1.54) is 9.91 Å². The fourth-order valence-corrected chi connectivity index (χ4v) is 3.60. The van der Waals surface area contributed by atoms with Gasteiger partial charge in [0.05, 0.1) is 11.8 Å². The van der Waals surface area contributed by atoms with Crippen LogP contribution in [0.1, 0.15) is 43.0 Å². The molecule has 1 aliphatic heterocycles. The van der Waals surface area contributed by atoms with Gasteiger partial charge in [-0.2, -0.15) is 5.10 Å². The number of nitrogens with one attached hydrogen (secondary N) is 1. The minimum absolute atomic E-state index is 0.00742. The predicted molar refractivity (Wildman–Crippen MR) is 120 cm³/mol. The first-order chi connectivity index (χ1) is 14.3. The highest BCUT2D eigenvalue weighted by atomic mass is 35.5. The Morgan fingerprint density at radius 2 is 1.87 bits per heavy atom. The zero-order valence-corrected chi connectivity index (χ0v) is 18.5. The van der Waals surface area contributed by atoms with E-state index in [2.05, 4.69) is 10.4 Å². The Bertz CT molecular complexity index is 956. The third-order valence-electron chi connectivity index (χ3n) is 4.94. The number of carbonyl (C=O) groups excluding carboxylic acids is 2. The summed E-state index contributed by atoms with van der Waals surface area (Å²) < 4.78 is 0. The van der Waals surface area contributed by atoms with Gasteiger partial charge in [-0.1, -0.05) is 59.6 Å². The van der Waals surface area contributed by atoms with Crippen LogP contribution in [0.3, 0.4) is 0 Å². The van der Waals surface area contributed by atoms with Gasteiger partial charge in [0.1, 0.15) is 6.54 Å². The molecule has 0 saturated heterocycles. The molecule has 2 aromatic carbocycles. The van der Waals surface area contributed by atoms with Crippen molar-refractivity contribution in [2.75, 3.05) is 13.6 Å². The molecule has 0 spiro atoms. The molecule has 1 atom stereocenters. The summed E-state index contributed by atoms with van der Waals surface area (Å²) in [6.07, 6.45) is 0.556. The summed E-state index contributed by atoms with van der Waals surface area (Å²) in [7, 11) is 1.60. The number of nitrogens with zero attached hydrogens (tertiary/aromatic N) is 3. The molecule has 7 heteroatoms. The molecule has 30 heavy (non-hydrogen) atoms. The smallest absolute Gasteiger partial charge is 0.317 e. The van der Waals surface area contributed by atoms with Crippen molar-refractivity contribution in [2.24, 2.45) is 5.10 Å². The molecule has 3 rings (SSSR count). The third-order valence-corrected chi connectivity index (χ3v) is 5.27. The van der Waals surface area contributed by atoms with E-state index < -0.39 is 0 Å². The Kier molecular flexibility index (Phi) is 6.77. The van der Waals surface area contributed by atoms with Crippen LogP contribution in [0.4, 0.5) is 4.79 Å². The van der Waals surface area contributed by atoms with Crippen LogP contribution in [-0.4, -0.2) is 47.2 Å². The molecular formula is C23H27ClN4O2. The molecule has 1 heterocycles. The highest BCUT2D eigenvalue weighted by Gasteiger charge is 2.34. The van der Waals surface area contributed by atoms with Crippen LogP contribution >= 0.6 is 11.6 Å². The van der Waals surface area contributed by atoms with Gasteiger partial charge in [0.15, 0.2) is 0 Å². The minimum atomic E-state index is -0.292. The lowest BCUT2D eigenvalue weighted by molar-refractivity contribution is -0.133. The summed E-state index contributed by atoms with van der Waals surface area (Å²) in [4.78, 5) is 26.7. The predicted octanol–water partition coefficient (Wildman–Crippen LogP) is 4.38. The topological polar surface area (TPSA) is 65.0 Å². The standard InChI is InChI=1S/C23H27ClN4O2/c1-15(2)25-23(30)27(4)14-22(29)28-21(17-11-9-16(3)10-12-17)13-20(26-28)18-7-5-6-8-19(18)24/h5-12,15,21H,13-14H2,1-4H3,(H,25,30). The molecule has 0 radical (unpaired) electrons. The van der Waals surface area contributed by atoms with Gasteiger partial charge in [0.25, 0.3) is 5.91 Å². The second-order valence-corrected chi connectivity index (χ2v) is 8.26. The SMILES string of the molecule is Cc1ccc(C2CC(c3ccccc3Cl)=NN2C(=O)CN(C)C(=O)NC(C)C)cc1. The fourth-order valence-electron chi connectivity index (χ4n) is 3.35. The molecule has 6 nitrogen and oxygen atoms in total. The highest BCUT2D eigenvalue weighted by Crippen LogP contribution is 2.34. The first-order valence-electron chi connectivity index (χ1n) is 9.99. The quantitative estimate of drug-likeness (QED) is 0.771. The van der Waals surface area contributed by atoms with Gasteiger partial charge in [0, 0.05) is 30.1 Å².